The van der Waals surface area contributed by atoms with Gasteiger partial charge in [0.15, 0.2) is 6.29 Å². The van der Waals surface area contributed by atoms with Crippen LogP contribution in [-0.2, 0) is 14.3 Å². The normalized spacial score (nSPS) is 30.0. The van der Waals surface area contributed by atoms with Crippen molar-refractivity contribution in [1.82, 2.24) is 5.32 Å². The number of amides is 1. The first-order chi connectivity index (χ1) is 11.2. The molecule has 1 aliphatic heterocycles. The molecule has 0 aliphatic carbocycles. The molecule has 1 aliphatic rings. The van der Waals surface area contributed by atoms with Crippen LogP contribution in [0.4, 0.5) is 0 Å². The highest BCUT2D eigenvalue weighted by atomic mass is 16.7. The summed E-state index contributed by atoms with van der Waals surface area (Å²) >= 11 is 0. The van der Waals surface area contributed by atoms with Gasteiger partial charge in [0.25, 0.3) is 0 Å². The Labute approximate surface area is 138 Å². The van der Waals surface area contributed by atoms with Crippen LogP contribution in [0.25, 0.3) is 20.9 Å². The van der Waals surface area contributed by atoms with Crippen LogP contribution < -0.4 is 5.32 Å². The third-order valence-corrected chi connectivity index (χ3v) is 3.10. The number of nitrogens with one attached hydrogen (secondary N) is 1. The zero-order chi connectivity index (χ0) is 18.3. The van der Waals surface area contributed by atoms with Crippen LogP contribution in [0.3, 0.4) is 0 Å². The summed E-state index contributed by atoms with van der Waals surface area (Å²) in [5, 5.41) is 29.2. The predicted octanol–water partition coefficient (Wildman–Crippen LogP) is 0.354. The highest BCUT2D eigenvalue weighted by Crippen LogP contribution is 2.26. The second kappa shape index (κ2) is 8.69. The molecule has 12 heteroatoms. The fraction of sp³-hybridized carbons (Fsp3) is 0.917. The minimum Gasteiger partial charge on any atom is -0.388 e. The lowest BCUT2D eigenvalue weighted by Gasteiger charge is -2.44. The lowest BCUT2D eigenvalue weighted by Crippen LogP contribution is -2.65. The molecule has 1 saturated heterocycles. The van der Waals surface area contributed by atoms with E-state index in [0.29, 0.717) is 0 Å². The summed E-state index contributed by atoms with van der Waals surface area (Å²) in [4.78, 5) is 16.8. The van der Waals surface area contributed by atoms with Crippen molar-refractivity contribution >= 4 is 5.91 Å². The van der Waals surface area contributed by atoms with Crippen molar-refractivity contribution in [3.05, 3.63) is 20.9 Å². The topological polar surface area (TPSA) is 186 Å². The average Bonchev–Trinajstić information content (AvgIpc) is 2.49. The Balaban J connectivity index is 2.96. The molecule has 0 saturated carbocycles. The highest BCUT2D eigenvalue weighted by Gasteiger charge is 2.46. The average molecular weight is 343 g/mol. The lowest BCUT2D eigenvalue weighted by molar-refractivity contribution is -0.286. The number of nitrogens with zero attached hydrogens (tertiary/aromatic N) is 6. The summed E-state index contributed by atoms with van der Waals surface area (Å²) in [5.74, 6) is -0.663. The molecule has 2 unspecified atom stereocenters. The van der Waals surface area contributed by atoms with Crippen LogP contribution in [0, 0.1) is 0 Å². The molecule has 24 heavy (non-hydrogen) atoms. The summed E-state index contributed by atoms with van der Waals surface area (Å²) in [6.07, 6.45) is -4.93. The van der Waals surface area contributed by atoms with Crippen molar-refractivity contribution in [2.75, 3.05) is 13.1 Å². The Morgan fingerprint density at radius 3 is 2.42 bits per heavy atom. The van der Waals surface area contributed by atoms with Crippen LogP contribution in [0.5, 0.6) is 0 Å². The summed E-state index contributed by atoms with van der Waals surface area (Å²) in [5.41, 5.74) is 15.9. The van der Waals surface area contributed by atoms with E-state index in [1.165, 1.54) is 0 Å². The van der Waals surface area contributed by atoms with Gasteiger partial charge in [0.2, 0.25) is 5.91 Å². The molecule has 1 heterocycles. The third kappa shape index (κ3) is 5.85. The Hall–Kier alpha value is -2.07. The molecule has 0 radical (unpaired) electrons. The highest BCUT2D eigenvalue weighted by molar-refractivity contribution is 5.78. The van der Waals surface area contributed by atoms with E-state index in [9.17, 15) is 15.0 Å². The number of azide groups is 2. The Bertz CT molecular complexity index is 538. The summed E-state index contributed by atoms with van der Waals surface area (Å²) < 4.78 is 11.2. The molecule has 3 N–H and O–H groups in total. The fourth-order valence-corrected chi connectivity index (χ4v) is 2.13. The van der Waals surface area contributed by atoms with Gasteiger partial charge in [0, 0.05) is 9.82 Å². The zero-order valence-electron chi connectivity index (χ0n) is 13.6. The quantitative estimate of drug-likeness (QED) is 0.356. The number of aliphatic hydroxyl groups excluding tert-OH is 2. The minimum atomic E-state index is -1.43. The summed E-state index contributed by atoms with van der Waals surface area (Å²) in [6, 6.07) is -1.09. The van der Waals surface area contributed by atoms with E-state index >= 15 is 0 Å². The van der Waals surface area contributed by atoms with E-state index in [1.807, 2.05) is 0 Å². The second-order valence-electron chi connectivity index (χ2n) is 6.15. The molecule has 0 bridgehead atoms. The van der Waals surface area contributed by atoms with Gasteiger partial charge in [0.1, 0.15) is 24.8 Å². The molecule has 1 fully saturated rings. The molecule has 134 valence electrons. The minimum absolute atomic E-state index is 0.210. The fourth-order valence-electron chi connectivity index (χ4n) is 2.13. The van der Waals surface area contributed by atoms with Gasteiger partial charge in [-0.2, -0.15) is 0 Å². The van der Waals surface area contributed by atoms with Crippen molar-refractivity contribution < 1.29 is 24.5 Å². The van der Waals surface area contributed by atoms with E-state index in [1.54, 1.807) is 20.8 Å². The van der Waals surface area contributed by atoms with Crippen LogP contribution in [0.1, 0.15) is 20.8 Å². The van der Waals surface area contributed by atoms with Gasteiger partial charge >= 0.3 is 0 Å². The van der Waals surface area contributed by atoms with Crippen LogP contribution >= 0.6 is 0 Å². The molecule has 1 amide bonds. The van der Waals surface area contributed by atoms with Gasteiger partial charge in [-0.3, -0.25) is 4.79 Å². The molecule has 0 aromatic heterocycles. The first-order valence-corrected chi connectivity index (χ1v) is 7.20. The SMILES string of the molecule is CC(C)(C)O[C@H]1OC(CN=[N+]=[N-])[C@H](O)[C@H](O)C1NC(=O)CN=[N+]=[N-]. The number of aliphatic hydroxyl groups is 2. The molecule has 0 aromatic carbocycles. The van der Waals surface area contributed by atoms with Gasteiger partial charge in [0.05, 0.1) is 18.2 Å². The predicted molar refractivity (Wildman–Crippen MR) is 81.5 cm³/mol. The first-order valence-electron chi connectivity index (χ1n) is 7.20. The van der Waals surface area contributed by atoms with Gasteiger partial charge < -0.3 is 25.0 Å². The molecule has 0 aromatic rings. The largest absolute Gasteiger partial charge is 0.388 e. The first kappa shape index (κ1) is 20.0. The van der Waals surface area contributed by atoms with Crippen molar-refractivity contribution in [3.8, 4) is 0 Å². The maximum atomic E-state index is 11.7. The second-order valence-corrected chi connectivity index (χ2v) is 6.15. The third-order valence-electron chi connectivity index (χ3n) is 3.10. The maximum Gasteiger partial charge on any atom is 0.226 e. The molecule has 1 rings (SSSR count). The van der Waals surface area contributed by atoms with Crippen LogP contribution in [-0.4, -0.2) is 65.5 Å². The Kier molecular flexibility index (Phi) is 7.23. The molecular formula is C12H21N7O5. The van der Waals surface area contributed by atoms with Crippen molar-refractivity contribution in [1.29, 1.82) is 0 Å². The summed E-state index contributed by atoms with van der Waals surface area (Å²) in [6.45, 7) is 4.55. The number of carbonyl (C=O) groups is 1. The number of carbonyl (C=O) groups excluding carboxylic acids is 1. The molecule has 0 spiro atoms. The Morgan fingerprint density at radius 2 is 1.88 bits per heavy atom. The van der Waals surface area contributed by atoms with Gasteiger partial charge in [-0.05, 0) is 31.8 Å². The standard InChI is InChI=1S/C12H21N7O5/c1-12(2,3)24-11-8(17-7(20)5-16-19-14)10(22)9(21)6(23-11)4-15-18-13/h6,8-11,21-22H,4-5H2,1-3H3,(H,17,20)/t6?,8?,9-,10+,11+/m0/s1. The smallest absolute Gasteiger partial charge is 0.226 e. The van der Waals surface area contributed by atoms with E-state index in [-0.39, 0.29) is 6.54 Å². The molecular weight excluding hydrogens is 322 g/mol. The molecule has 5 atom stereocenters. The van der Waals surface area contributed by atoms with Crippen molar-refractivity contribution in [2.24, 2.45) is 10.2 Å². The van der Waals surface area contributed by atoms with E-state index in [4.69, 9.17) is 20.5 Å². The van der Waals surface area contributed by atoms with E-state index < -0.39 is 48.7 Å². The zero-order valence-corrected chi connectivity index (χ0v) is 13.6. The van der Waals surface area contributed by atoms with Gasteiger partial charge in [-0.25, -0.2) is 0 Å². The van der Waals surface area contributed by atoms with Gasteiger partial charge in [-0.15, -0.1) is 0 Å². The Morgan fingerprint density at radius 1 is 1.25 bits per heavy atom. The molecule has 12 nitrogen and oxygen atoms in total. The number of hydrogen-bond donors (Lipinski definition) is 3. The van der Waals surface area contributed by atoms with Crippen LogP contribution in [0.15, 0.2) is 10.2 Å². The number of hydrogen-bond acceptors (Lipinski definition) is 7. The van der Waals surface area contributed by atoms with E-state index in [2.05, 4.69) is 25.4 Å². The van der Waals surface area contributed by atoms with Crippen molar-refractivity contribution in [3.63, 3.8) is 0 Å². The monoisotopic (exact) mass is 343 g/mol. The number of rotatable bonds is 6. The lowest BCUT2D eigenvalue weighted by atomic mass is 9.96. The van der Waals surface area contributed by atoms with Crippen molar-refractivity contribution in [2.45, 2.75) is 57.0 Å². The summed E-state index contributed by atoms with van der Waals surface area (Å²) in [7, 11) is 0. The van der Waals surface area contributed by atoms with Gasteiger partial charge in [-0.1, -0.05) is 10.2 Å². The van der Waals surface area contributed by atoms with Crippen LogP contribution in [0.2, 0.25) is 0 Å². The maximum absolute atomic E-state index is 11.7. The van der Waals surface area contributed by atoms with E-state index in [0.717, 1.165) is 0 Å². The number of ether oxygens (including phenoxy) is 2.